The van der Waals surface area contributed by atoms with E-state index in [4.69, 9.17) is 4.52 Å². The molecule has 0 fully saturated rings. The van der Waals surface area contributed by atoms with Crippen molar-refractivity contribution in [3.8, 4) is 0 Å². The van der Waals surface area contributed by atoms with Gasteiger partial charge in [0, 0.05) is 5.92 Å². The average molecular weight is 183 g/mol. The SMILES string of the molecule is CCNCc1nc(C(C)CC)no1. The maximum Gasteiger partial charge on any atom is 0.240 e. The van der Waals surface area contributed by atoms with Crippen LogP contribution in [0.2, 0.25) is 0 Å². The van der Waals surface area contributed by atoms with Crippen LogP contribution in [0.1, 0.15) is 44.8 Å². The summed E-state index contributed by atoms with van der Waals surface area (Å²) in [6, 6.07) is 0. The molecule has 0 saturated carbocycles. The Bertz CT molecular complexity index is 247. The fourth-order valence-electron chi connectivity index (χ4n) is 0.955. The Hall–Kier alpha value is -0.900. The first kappa shape index (κ1) is 10.2. The average Bonchev–Trinajstić information content (AvgIpc) is 2.62. The zero-order valence-electron chi connectivity index (χ0n) is 8.50. The fraction of sp³-hybridized carbons (Fsp3) is 0.778. The summed E-state index contributed by atoms with van der Waals surface area (Å²) in [6.07, 6.45) is 1.04. The molecule has 1 rings (SSSR count). The van der Waals surface area contributed by atoms with E-state index in [0.717, 1.165) is 18.8 Å². The van der Waals surface area contributed by atoms with E-state index in [0.29, 0.717) is 18.4 Å². The number of rotatable bonds is 5. The molecule has 0 aliphatic heterocycles. The fourth-order valence-corrected chi connectivity index (χ4v) is 0.955. The molecule has 0 aliphatic rings. The maximum absolute atomic E-state index is 5.07. The van der Waals surface area contributed by atoms with Crippen LogP contribution in [0.25, 0.3) is 0 Å². The summed E-state index contributed by atoms with van der Waals surface area (Å²) in [7, 11) is 0. The van der Waals surface area contributed by atoms with Gasteiger partial charge in [0.1, 0.15) is 0 Å². The van der Waals surface area contributed by atoms with Crippen LogP contribution in [-0.4, -0.2) is 16.7 Å². The Morgan fingerprint density at radius 1 is 1.46 bits per heavy atom. The van der Waals surface area contributed by atoms with E-state index in [9.17, 15) is 0 Å². The molecule has 4 heteroatoms. The number of hydrogen-bond acceptors (Lipinski definition) is 4. The Morgan fingerprint density at radius 2 is 2.23 bits per heavy atom. The van der Waals surface area contributed by atoms with Crippen molar-refractivity contribution in [3.05, 3.63) is 11.7 Å². The lowest BCUT2D eigenvalue weighted by Gasteiger charge is -1.98. The summed E-state index contributed by atoms with van der Waals surface area (Å²) >= 11 is 0. The van der Waals surface area contributed by atoms with Gasteiger partial charge in [-0.2, -0.15) is 4.98 Å². The second kappa shape index (κ2) is 4.97. The van der Waals surface area contributed by atoms with Gasteiger partial charge in [0.05, 0.1) is 6.54 Å². The van der Waals surface area contributed by atoms with Gasteiger partial charge in [0.2, 0.25) is 5.89 Å². The number of nitrogens with one attached hydrogen (secondary N) is 1. The van der Waals surface area contributed by atoms with Crippen LogP contribution >= 0.6 is 0 Å². The zero-order valence-corrected chi connectivity index (χ0v) is 8.50. The van der Waals surface area contributed by atoms with E-state index >= 15 is 0 Å². The van der Waals surface area contributed by atoms with Gasteiger partial charge >= 0.3 is 0 Å². The van der Waals surface area contributed by atoms with Crippen molar-refractivity contribution >= 4 is 0 Å². The van der Waals surface area contributed by atoms with Gasteiger partial charge in [0.15, 0.2) is 5.82 Å². The minimum Gasteiger partial charge on any atom is -0.338 e. The predicted molar refractivity (Wildman–Crippen MR) is 50.4 cm³/mol. The van der Waals surface area contributed by atoms with Crippen LogP contribution in [-0.2, 0) is 6.54 Å². The van der Waals surface area contributed by atoms with Crippen molar-refractivity contribution in [1.82, 2.24) is 15.5 Å². The topological polar surface area (TPSA) is 51.0 Å². The second-order valence-corrected chi connectivity index (χ2v) is 3.14. The third-order valence-electron chi connectivity index (χ3n) is 2.06. The molecule has 0 aromatic carbocycles. The summed E-state index contributed by atoms with van der Waals surface area (Å²) in [4.78, 5) is 4.28. The third-order valence-corrected chi connectivity index (χ3v) is 2.06. The molecule has 1 aromatic rings. The Balaban J connectivity index is 2.53. The largest absolute Gasteiger partial charge is 0.338 e. The lowest BCUT2D eigenvalue weighted by molar-refractivity contribution is 0.361. The van der Waals surface area contributed by atoms with Crippen LogP contribution in [0.4, 0.5) is 0 Å². The van der Waals surface area contributed by atoms with E-state index < -0.39 is 0 Å². The van der Waals surface area contributed by atoms with Gasteiger partial charge in [-0.15, -0.1) is 0 Å². The molecule has 1 N–H and O–H groups in total. The minimum absolute atomic E-state index is 0.388. The van der Waals surface area contributed by atoms with Crippen LogP contribution in [0.15, 0.2) is 4.52 Å². The summed E-state index contributed by atoms with van der Waals surface area (Å²) in [5.41, 5.74) is 0. The van der Waals surface area contributed by atoms with Gasteiger partial charge in [-0.3, -0.25) is 0 Å². The third kappa shape index (κ3) is 2.81. The molecule has 0 radical (unpaired) electrons. The summed E-state index contributed by atoms with van der Waals surface area (Å²) in [5.74, 6) is 1.88. The van der Waals surface area contributed by atoms with Gasteiger partial charge in [-0.25, -0.2) is 0 Å². The summed E-state index contributed by atoms with van der Waals surface area (Å²) in [5, 5.41) is 7.05. The normalized spacial score (nSPS) is 13.2. The van der Waals surface area contributed by atoms with Gasteiger partial charge in [-0.1, -0.05) is 25.9 Å². The van der Waals surface area contributed by atoms with Crippen LogP contribution in [0, 0.1) is 0 Å². The highest BCUT2D eigenvalue weighted by atomic mass is 16.5. The molecule has 0 bridgehead atoms. The molecular weight excluding hydrogens is 166 g/mol. The highest BCUT2D eigenvalue weighted by Crippen LogP contribution is 2.14. The van der Waals surface area contributed by atoms with Crippen LogP contribution < -0.4 is 5.32 Å². The monoisotopic (exact) mass is 183 g/mol. The molecule has 0 spiro atoms. The highest BCUT2D eigenvalue weighted by molar-refractivity contribution is 4.92. The molecule has 4 nitrogen and oxygen atoms in total. The van der Waals surface area contributed by atoms with Gasteiger partial charge in [-0.05, 0) is 13.0 Å². The van der Waals surface area contributed by atoms with Crippen molar-refractivity contribution in [1.29, 1.82) is 0 Å². The van der Waals surface area contributed by atoms with E-state index in [1.807, 2.05) is 6.92 Å². The van der Waals surface area contributed by atoms with Crippen molar-refractivity contribution in [2.24, 2.45) is 0 Å². The molecule has 1 heterocycles. The Kier molecular flexibility index (Phi) is 3.89. The quantitative estimate of drug-likeness (QED) is 0.754. The van der Waals surface area contributed by atoms with E-state index in [1.54, 1.807) is 0 Å². The van der Waals surface area contributed by atoms with Crippen molar-refractivity contribution in [3.63, 3.8) is 0 Å². The second-order valence-electron chi connectivity index (χ2n) is 3.14. The first-order chi connectivity index (χ1) is 6.27. The van der Waals surface area contributed by atoms with Crippen LogP contribution in [0.3, 0.4) is 0 Å². The first-order valence-corrected chi connectivity index (χ1v) is 4.81. The first-order valence-electron chi connectivity index (χ1n) is 4.81. The number of hydrogen-bond donors (Lipinski definition) is 1. The van der Waals surface area contributed by atoms with Crippen molar-refractivity contribution in [2.75, 3.05) is 6.54 Å². The minimum atomic E-state index is 0.388. The maximum atomic E-state index is 5.07. The number of nitrogens with zero attached hydrogens (tertiary/aromatic N) is 2. The number of aromatic nitrogens is 2. The lowest BCUT2D eigenvalue weighted by Crippen LogP contribution is -2.11. The lowest BCUT2D eigenvalue weighted by atomic mass is 10.1. The highest BCUT2D eigenvalue weighted by Gasteiger charge is 2.10. The van der Waals surface area contributed by atoms with E-state index in [2.05, 4.69) is 29.3 Å². The predicted octanol–water partition coefficient (Wildman–Crippen LogP) is 1.69. The molecule has 1 atom stereocenters. The Morgan fingerprint density at radius 3 is 2.85 bits per heavy atom. The Labute approximate surface area is 78.7 Å². The smallest absolute Gasteiger partial charge is 0.240 e. The zero-order chi connectivity index (χ0) is 9.68. The van der Waals surface area contributed by atoms with E-state index in [1.165, 1.54) is 0 Å². The molecule has 1 aromatic heterocycles. The van der Waals surface area contributed by atoms with Crippen LogP contribution in [0.5, 0.6) is 0 Å². The van der Waals surface area contributed by atoms with Gasteiger partial charge < -0.3 is 9.84 Å². The molecule has 0 saturated heterocycles. The molecule has 13 heavy (non-hydrogen) atoms. The van der Waals surface area contributed by atoms with Gasteiger partial charge in [0.25, 0.3) is 0 Å². The van der Waals surface area contributed by atoms with Crippen molar-refractivity contribution in [2.45, 2.75) is 39.7 Å². The molecule has 0 amide bonds. The standard InChI is InChI=1S/C9H17N3O/c1-4-7(3)9-11-8(13-12-9)6-10-5-2/h7,10H,4-6H2,1-3H3. The molecule has 74 valence electrons. The van der Waals surface area contributed by atoms with Crippen molar-refractivity contribution < 1.29 is 4.52 Å². The molecule has 1 unspecified atom stereocenters. The summed E-state index contributed by atoms with van der Waals surface area (Å²) < 4.78 is 5.07. The summed E-state index contributed by atoms with van der Waals surface area (Å²) in [6.45, 7) is 7.85. The van der Waals surface area contributed by atoms with E-state index in [-0.39, 0.29) is 0 Å². The molecule has 0 aliphatic carbocycles. The molecular formula is C9H17N3O.